The maximum absolute atomic E-state index is 5.78. The van der Waals surface area contributed by atoms with Crippen LogP contribution >= 0.6 is 0 Å². The molecule has 2 N–H and O–H groups in total. The van der Waals surface area contributed by atoms with Crippen molar-refractivity contribution in [2.75, 3.05) is 20.2 Å². The first-order chi connectivity index (χ1) is 12.2. The minimum Gasteiger partial charge on any atom is -0.376 e. The zero-order valence-electron chi connectivity index (χ0n) is 15.3. The molecule has 0 amide bonds. The van der Waals surface area contributed by atoms with Crippen molar-refractivity contribution in [1.82, 2.24) is 15.6 Å². The molecule has 0 saturated heterocycles. The van der Waals surface area contributed by atoms with Crippen molar-refractivity contribution >= 4 is 5.96 Å². The van der Waals surface area contributed by atoms with Crippen molar-refractivity contribution in [3.05, 3.63) is 65.5 Å². The summed E-state index contributed by atoms with van der Waals surface area (Å²) >= 11 is 0. The van der Waals surface area contributed by atoms with Crippen LogP contribution in [0.15, 0.2) is 53.5 Å². The van der Waals surface area contributed by atoms with Crippen LogP contribution in [-0.2, 0) is 17.9 Å². The highest BCUT2D eigenvalue weighted by molar-refractivity contribution is 5.79. The number of benzene rings is 1. The fourth-order valence-electron chi connectivity index (χ4n) is 2.37. The van der Waals surface area contributed by atoms with Gasteiger partial charge in [0.2, 0.25) is 0 Å². The van der Waals surface area contributed by atoms with E-state index < -0.39 is 0 Å². The fraction of sp³-hybridized carbons (Fsp3) is 0.400. The maximum Gasteiger partial charge on any atom is 0.191 e. The van der Waals surface area contributed by atoms with Gasteiger partial charge in [-0.15, -0.1) is 0 Å². The van der Waals surface area contributed by atoms with Crippen molar-refractivity contribution in [1.29, 1.82) is 0 Å². The van der Waals surface area contributed by atoms with Crippen LogP contribution < -0.4 is 10.6 Å². The smallest absolute Gasteiger partial charge is 0.191 e. The highest BCUT2D eigenvalue weighted by atomic mass is 16.5. The van der Waals surface area contributed by atoms with Gasteiger partial charge in [-0.25, -0.2) is 0 Å². The fourth-order valence-corrected chi connectivity index (χ4v) is 2.37. The zero-order chi connectivity index (χ0) is 17.9. The molecule has 1 unspecified atom stereocenters. The third-order valence-corrected chi connectivity index (χ3v) is 3.74. The van der Waals surface area contributed by atoms with E-state index in [2.05, 4.69) is 39.7 Å². The molecule has 0 spiro atoms. The van der Waals surface area contributed by atoms with Gasteiger partial charge in [-0.05, 0) is 30.5 Å². The molecule has 0 aliphatic carbocycles. The molecule has 25 heavy (non-hydrogen) atoms. The van der Waals surface area contributed by atoms with Gasteiger partial charge in [0.25, 0.3) is 0 Å². The molecule has 0 saturated carbocycles. The second kappa shape index (κ2) is 10.5. The summed E-state index contributed by atoms with van der Waals surface area (Å²) < 4.78 is 5.78. The lowest BCUT2D eigenvalue weighted by molar-refractivity contribution is 0.0931. The van der Waals surface area contributed by atoms with Crippen molar-refractivity contribution in [2.24, 2.45) is 10.9 Å². The van der Waals surface area contributed by atoms with E-state index in [4.69, 9.17) is 4.74 Å². The molecule has 1 aromatic heterocycles. The predicted molar refractivity (Wildman–Crippen MR) is 102 cm³/mol. The Labute approximate surface area is 150 Å². The Morgan fingerprint density at radius 1 is 1.12 bits per heavy atom. The van der Waals surface area contributed by atoms with E-state index in [9.17, 15) is 0 Å². The molecule has 5 heteroatoms. The Balaban J connectivity index is 1.65. The lowest BCUT2D eigenvalue weighted by Crippen LogP contribution is -2.39. The molecule has 1 atom stereocenters. The quantitative estimate of drug-likeness (QED) is 0.573. The van der Waals surface area contributed by atoms with E-state index >= 15 is 0 Å². The lowest BCUT2D eigenvalue weighted by atomic mass is 10.2. The van der Waals surface area contributed by atoms with Crippen LogP contribution in [0.4, 0.5) is 0 Å². The number of hydrogen-bond donors (Lipinski definition) is 2. The summed E-state index contributed by atoms with van der Waals surface area (Å²) in [4.78, 5) is 8.73. The number of aliphatic imine (C=N–C) groups is 1. The Morgan fingerprint density at radius 2 is 1.92 bits per heavy atom. The van der Waals surface area contributed by atoms with Crippen LogP contribution in [-0.4, -0.2) is 31.1 Å². The molecular formula is C20H28N4O. The first kappa shape index (κ1) is 18.9. The first-order valence-corrected chi connectivity index (χ1v) is 8.66. The third kappa shape index (κ3) is 7.35. The molecule has 0 aliphatic rings. The van der Waals surface area contributed by atoms with Gasteiger partial charge >= 0.3 is 0 Å². The second-order valence-corrected chi connectivity index (χ2v) is 6.18. The lowest BCUT2D eigenvalue weighted by Gasteiger charge is -2.16. The molecule has 1 heterocycles. The summed E-state index contributed by atoms with van der Waals surface area (Å²) in [5.74, 6) is 1.16. The van der Waals surface area contributed by atoms with Gasteiger partial charge in [0.1, 0.15) is 0 Å². The number of aryl methyl sites for hydroxylation is 1. The van der Waals surface area contributed by atoms with E-state index in [0.717, 1.165) is 23.9 Å². The molecule has 0 radical (unpaired) electrons. The van der Waals surface area contributed by atoms with Crippen molar-refractivity contribution < 1.29 is 4.74 Å². The average molecular weight is 340 g/mol. The monoisotopic (exact) mass is 340 g/mol. The van der Waals surface area contributed by atoms with Gasteiger partial charge in [0, 0.05) is 19.3 Å². The molecule has 1 aromatic carbocycles. The van der Waals surface area contributed by atoms with Gasteiger partial charge in [-0.2, -0.15) is 0 Å². The number of nitrogens with zero attached hydrogens (tertiary/aromatic N) is 2. The summed E-state index contributed by atoms with van der Waals surface area (Å²) in [5, 5.41) is 6.62. The largest absolute Gasteiger partial charge is 0.376 e. The molecule has 134 valence electrons. The molecule has 2 rings (SSSR count). The second-order valence-electron chi connectivity index (χ2n) is 6.18. The van der Waals surface area contributed by atoms with Crippen LogP contribution in [0.1, 0.15) is 23.9 Å². The molecule has 0 fully saturated rings. The summed E-state index contributed by atoms with van der Waals surface area (Å²) in [7, 11) is 1.77. The zero-order valence-corrected chi connectivity index (χ0v) is 15.3. The van der Waals surface area contributed by atoms with Crippen LogP contribution in [0.3, 0.4) is 0 Å². The Bertz CT molecular complexity index is 658. The Kier molecular flexibility index (Phi) is 7.92. The van der Waals surface area contributed by atoms with Gasteiger partial charge in [-0.1, -0.05) is 43.3 Å². The number of pyridine rings is 1. The molecule has 2 aromatic rings. The van der Waals surface area contributed by atoms with Gasteiger partial charge in [-0.3, -0.25) is 9.98 Å². The number of aromatic nitrogens is 1. The number of guanidine groups is 1. The van der Waals surface area contributed by atoms with Gasteiger partial charge in [0.05, 0.1) is 25.5 Å². The average Bonchev–Trinajstić information content (AvgIpc) is 2.63. The molecule has 0 aliphatic heterocycles. The summed E-state index contributed by atoms with van der Waals surface area (Å²) in [5.41, 5.74) is 3.22. The van der Waals surface area contributed by atoms with Crippen molar-refractivity contribution in [2.45, 2.75) is 27.0 Å². The highest BCUT2D eigenvalue weighted by Crippen LogP contribution is 2.03. The van der Waals surface area contributed by atoms with E-state index in [1.807, 2.05) is 43.3 Å². The first-order valence-electron chi connectivity index (χ1n) is 8.66. The predicted octanol–water partition coefficient (Wildman–Crippen LogP) is 2.91. The summed E-state index contributed by atoms with van der Waals surface area (Å²) in [6.45, 7) is 6.96. The topological polar surface area (TPSA) is 58.5 Å². The van der Waals surface area contributed by atoms with Gasteiger partial charge < -0.3 is 15.4 Å². The van der Waals surface area contributed by atoms with Crippen LogP contribution in [0.25, 0.3) is 0 Å². The number of hydrogen-bond acceptors (Lipinski definition) is 3. The van der Waals surface area contributed by atoms with Crippen molar-refractivity contribution in [3.8, 4) is 0 Å². The van der Waals surface area contributed by atoms with Crippen LogP contribution in [0.2, 0.25) is 0 Å². The van der Waals surface area contributed by atoms with E-state index in [0.29, 0.717) is 25.7 Å². The minimum absolute atomic E-state index is 0.388. The third-order valence-electron chi connectivity index (χ3n) is 3.74. The normalized spacial score (nSPS) is 12.7. The Morgan fingerprint density at radius 3 is 2.64 bits per heavy atom. The number of rotatable bonds is 8. The van der Waals surface area contributed by atoms with Gasteiger partial charge in [0.15, 0.2) is 5.96 Å². The van der Waals surface area contributed by atoms with E-state index in [1.54, 1.807) is 7.05 Å². The van der Waals surface area contributed by atoms with Crippen LogP contribution in [0, 0.1) is 12.8 Å². The van der Waals surface area contributed by atoms with Crippen molar-refractivity contribution in [3.63, 3.8) is 0 Å². The highest BCUT2D eigenvalue weighted by Gasteiger charge is 2.05. The SMILES string of the molecule is CN=C(NCc1cccc(C)n1)NCC(C)COCc1ccccc1. The number of nitrogens with one attached hydrogen (secondary N) is 2. The molecule has 0 bridgehead atoms. The van der Waals surface area contributed by atoms with E-state index in [-0.39, 0.29) is 0 Å². The van der Waals surface area contributed by atoms with Crippen LogP contribution in [0.5, 0.6) is 0 Å². The maximum atomic E-state index is 5.78. The molecular weight excluding hydrogens is 312 g/mol. The Hall–Kier alpha value is -2.40. The molecule has 5 nitrogen and oxygen atoms in total. The minimum atomic E-state index is 0.388. The number of ether oxygens (including phenoxy) is 1. The summed E-state index contributed by atoms with van der Waals surface area (Å²) in [6, 6.07) is 16.2. The standard InChI is InChI=1S/C20H28N4O/c1-16(14-25-15-18-9-5-4-6-10-18)12-22-20(21-3)23-13-19-11-7-8-17(2)24-19/h4-11,16H,12-15H2,1-3H3,(H2,21,22,23). The van der Waals surface area contributed by atoms with E-state index in [1.165, 1.54) is 5.56 Å². The summed E-state index contributed by atoms with van der Waals surface area (Å²) in [6.07, 6.45) is 0.